The zero-order valence-electron chi connectivity index (χ0n) is 9.89. The predicted octanol–water partition coefficient (Wildman–Crippen LogP) is 2.63. The van der Waals surface area contributed by atoms with Gasteiger partial charge in [-0.2, -0.15) is 0 Å². The number of nitro benzene ring substituents is 1. The molecule has 0 amide bonds. The van der Waals surface area contributed by atoms with Crippen molar-refractivity contribution in [3.8, 4) is 5.75 Å². The van der Waals surface area contributed by atoms with Crippen molar-refractivity contribution in [2.24, 2.45) is 5.92 Å². The van der Waals surface area contributed by atoms with E-state index >= 15 is 0 Å². The van der Waals surface area contributed by atoms with Gasteiger partial charge in [-0.3, -0.25) is 10.1 Å². The number of benzene rings is 1. The minimum Gasteiger partial charge on any atom is -0.487 e. The molecule has 0 saturated carbocycles. The van der Waals surface area contributed by atoms with Crippen LogP contribution in [0.1, 0.15) is 12.8 Å². The molecule has 1 aliphatic heterocycles. The van der Waals surface area contributed by atoms with E-state index in [0.717, 1.165) is 25.9 Å². The van der Waals surface area contributed by atoms with Crippen LogP contribution in [-0.4, -0.2) is 24.6 Å². The van der Waals surface area contributed by atoms with Gasteiger partial charge in [0.1, 0.15) is 0 Å². The molecule has 5 nitrogen and oxygen atoms in total. The van der Waals surface area contributed by atoms with Crippen molar-refractivity contribution in [2.45, 2.75) is 12.8 Å². The van der Waals surface area contributed by atoms with Crippen LogP contribution in [0.2, 0.25) is 5.02 Å². The van der Waals surface area contributed by atoms with Gasteiger partial charge in [0.25, 0.3) is 0 Å². The normalized spacial score (nSPS) is 16.5. The third kappa shape index (κ3) is 3.34. The summed E-state index contributed by atoms with van der Waals surface area (Å²) in [7, 11) is 0. The Hall–Kier alpha value is -1.33. The van der Waals surface area contributed by atoms with Gasteiger partial charge in [0.05, 0.1) is 11.5 Å². The summed E-state index contributed by atoms with van der Waals surface area (Å²) in [4.78, 5) is 10.4. The summed E-state index contributed by atoms with van der Waals surface area (Å²) < 4.78 is 5.56. The number of hydrogen-bond donors (Lipinski definition) is 1. The molecule has 0 aromatic heterocycles. The Morgan fingerprint density at radius 2 is 2.17 bits per heavy atom. The second-order valence-corrected chi connectivity index (χ2v) is 4.81. The van der Waals surface area contributed by atoms with Crippen molar-refractivity contribution in [1.82, 2.24) is 5.32 Å². The van der Waals surface area contributed by atoms with E-state index in [1.54, 1.807) is 12.1 Å². The first-order valence-electron chi connectivity index (χ1n) is 5.94. The van der Waals surface area contributed by atoms with Gasteiger partial charge in [-0.25, -0.2) is 0 Å². The molecule has 0 aliphatic carbocycles. The maximum absolute atomic E-state index is 10.9. The van der Waals surface area contributed by atoms with Crippen LogP contribution in [0.25, 0.3) is 0 Å². The van der Waals surface area contributed by atoms with E-state index in [4.69, 9.17) is 16.3 Å². The average molecular weight is 271 g/mol. The Morgan fingerprint density at radius 3 is 2.83 bits per heavy atom. The molecule has 18 heavy (non-hydrogen) atoms. The largest absolute Gasteiger partial charge is 0.487 e. The second-order valence-electron chi connectivity index (χ2n) is 4.37. The Balaban J connectivity index is 2.01. The lowest BCUT2D eigenvalue weighted by Gasteiger charge is -2.22. The van der Waals surface area contributed by atoms with Crippen LogP contribution < -0.4 is 10.1 Å². The molecule has 0 spiro atoms. The molecule has 1 aliphatic rings. The minimum atomic E-state index is -0.469. The van der Waals surface area contributed by atoms with Crippen molar-refractivity contribution < 1.29 is 9.66 Å². The predicted molar refractivity (Wildman–Crippen MR) is 69.2 cm³/mol. The average Bonchev–Trinajstić information content (AvgIpc) is 2.38. The van der Waals surface area contributed by atoms with Crippen LogP contribution in [0.15, 0.2) is 18.2 Å². The summed E-state index contributed by atoms with van der Waals surface area (Å²) in [5.41, 5.74) is -0.0727. The summed E-state index contributed by atoms with van der Waals surface area (Å²) in [5, 5.41) is 14.5. The number of halogens is 1. The molecule has 2 rings (SSSR count). The van der Waals surface area contributed by atoms with Gasteiger partial charge in [0.15, 0.2) is 5.75 Å². The smallest absolute Gasteiger partial charge is 0.312 e. The summed E-state index contributed by atoms with van der Waals surface area (Å²) in [6, 6.07) is 4.48. The first-order valence-corrected chi connectivity index (χ1v) is 6.32. The highest BCUT2D eigenvalue weighted by molar-refractivity contribution is 6.30. The molecule has 1 aromatic rings. The first-order chi connectivity index (χ1) is 8.66. The number of ether oxygens (including phenoxy) is 1. The van der Waals surface area contributed by atoms with E-state index in [2.05, 4.69) is 5.32 Å². The number of hydrogen-bond acceptors (Lipinski definition) is 4. The molecule has 1 heterocycles. The highest BCUT2D eigenvalue weighted by atomic mass is 35.5. The fourth-order valence-electron chi connectivity index (χ4n) is 2.01. The van der Waals surface area contributed by atoms with E-state index < -0.39 is 4.92 Å². The van der Waals surface area contributed by atoms with Gasteiger partial charge in [-0.05, 0) is 44.0 Å². The van der Waals surface area contributed by atoms with Crippen LogP contribution in [-0.2, 0) is 0 Å². The molecule has 1 N–H and O–H groups in total. The summed E-state index contributed by atoms with van der Waals surface area (Å²) in [6.07, 6.45) is 2.09. The third-order valence-electron chi connectivity index (χ3n) is 3.05. The lowest BCUT2D eigenvalue weighted by atomic mass is 9.99. The lowest BCUT2D eigenvalue weighted by Crippen LogP contribution is -2.30. The molecule has 0 atom stereocenters. The van der Waals surface area contributed by atoms with Crippen LogP contribution in [0.4, 0.5) is 5.69 Å². The first kappa shape index (κ1) is 13.1. The Labute approximate surface area is 110 Å². The summed E-state index contributed by atoms with van der Waals surface area (Å²) >= 11 is 5.74. The standard InChI is InChI=1S/C12H15ClN2O3/c13-10-1-2-12(11(7-10)15(16)17)18-8-9-3-5-14-6-4-9/h1-2,7,9,14H,3-6,8H2. The van der Waals surface area contributed by atoms with Gasteiger partial charge in [-0.1, -0.05) is 11.6 Å². The zero-order valence-corrected chi connectivity index (χ0v) is 10.7. The van der Waals surface area contributed by atoms with Gasteiger partial charge in [0.2, 0.25) is 0 Å². The molecular weight excluding hydrogens is 256 g/mol. The number of rotatable bonds is 4. The van der Waals surface area contributed by atoms with Gasteiger partial charge in [-0.15, -0.1) is 0 Å². The van der Waals surface area contributed by atoms with E-state index in [9.17, 15) is 10.1 Å². The number of piperidine rings is 1. The second kappa shape index (κ2) is 6.02. The number of nitro groups is 1. The molecule has 6 heteroatoms. The van der Waals surface area contributed by atoms with Crippen LogP contribution >= 0.6 is 11.6 Å². The fraction of sp³-hybridized carbons (Fsp3) is 0.500. The van der Waals surface area contributed by atoms with Gasteiger partial charge < -0.3 is 10.1 Å². The topological polar surface area (TPSA) is 64.4 Å². The Bertz CT molecular complexity index is 433. The summed E-state index contributed by atoms with van der Waals surface area (Å²) in [6.45, 7) is 2.48. The summed E-state index contributed by atoms with van der Waals surface area (Å²) in [5.74, 6) is 0.754. The molecule has 1 aromatic carbocycles. The van der Waals surface area contributed by atoms with Crippen molar-refractivity contribution in [2.75, 3.05) is 19.7 Å². The zero-order chi connectivity index (χ0) is 13.0. The molecule has 0 bridgehead atoms. The van der Waals surface area contributed by atoms with Crippen molar-refractivity contribution in [3.05, 3.63) is 33.3 Å². The quantitative estimate of drug-likeness (QED) is 0.675. The highest BCUT2D eigenvalue weighted by Gasteiger charge is 2.18. The van der Waals surface area contributed by atoms with E-state index in [0.29, 0.717) is 23.3 Å². The van der Waals surface area contributed by atoms with Crippen molar-refractivity contribution in [1.29, 1.82) is 0 Å². The highest BCUT2D eigenvalue weighted by Crippen LogP contribution is 2.30. The van der Waals surface area contributed by atoms with Gasteiger partial charge >= 0.3 is 5.69 Å². The SMILES string of the molecule is O=[N+]([O-])c1cc(Cl)ccc1OCC1CCNCC1. The minimum absolute atomic E-state index is 0.0727. The van der Waals surface area contributed by atoms with Crippen LogP contribution in [0.3, 0.4) is 0 Å². The Kier molecular flexibility index (Phi) is 4.38. The van der Waals surface area contributed by atoms with Gasteiger partial charge in [0, 0.05) is 11.1 Å². The monoisotopic (exact) mass is 270 g/mol. The molecule has 0 radical (unpaired) electrons. The van der Waals surface area contributed by atoms with Crippen LogP contribution in [0, 0.1) is 16.0 Å². The fourth-order valence-corrected chi connectivity index (χ4v) is 2.18. The molecular formula is C12H15ClN2O3. The number of nitrogens with zero attached hydrogens (tertiary/aromatic N) is 1. The molecule has 1 saturated heterocycles. The van der Waals surface area contributed by atoms with Crippen molar-refractivity contribution in [3.63, 3.8) is 0 Å². The Morgan fingerprint density at radius 1 is 1.44 bits per heavy atom. The molecule has 0 unspecified atom stereocenters. The third-order valence-corrected chi connectivity index (χ3v) is 3.29. The van der Waals surface area contributed by atoms with E-state index in [1.807, 2.05) is 0 Å². The lowest BCUT2D eigenvalue weighted by molar-refractivity contribution is -0.385. The van der Waals surface area contributed by atoms with Crippen LogP contribution in [0.5, 0.6) is 5.75 Å². The molecule has 98 valence electrons. The van der Waals surface area contributed by atoms with Crippen molar-refractivity contribution >= 4 is 17.3 Å². The maximum Gasteiger partial charge on any atom is 0.312 e. The number of nitrogens with one attached hydrogen (secondary N) is 1. The molecule has 1 fully saturated rings. The van der Waals surface area contributed by atoms with E-state index in [-0.39, 0.29) is 5.69 Å². The maximum atomic E-state index is 10.9. The van der Waals surface area contributed by atoms with E-state index in [1.165, 1.54) is 6.07 Å².